The quantitative estimate of drug-likeness (QED) is 0.325. The minimum atomic E-state index is -0.976. The third-order valence-corrected chi connectivity index (χ3v) is 6.76. The van der Waals surface area contributed by atoms with Gasteiger partial charge < -0.3 is 23.9 Å². The highest BCUT2D eigenvalue weighted by Gasteiger charge is 2.31. The molecule has 0 bridgehead atoms. The van der Waals surface area contributed by atoms with E-state index in [1.54, 1.807) is 24.3 Å². The second-order valence-electron chi connectivity index (χ2n) is 9.54. The van der Waals surface area contributed by atoms with Crippen LogP contribution in [0, 0.1) is 11.6 Å². The van der Waals surface area contributed by atoms with Crippen LogP contribution in [0.1, 0.15) is 28.4 Å². The number of aromatic carboxylic acids is 1. The van der Waals surface area contributed by atoms with Crippen LogP contribution in [-0.4, -0.2) is 67.4 Å². The maximum atomic E-state index is 13.8. The van der Waals surface area contributed by atoms with Gasteiger partial charge in [-0.25, -0.2) is 23.5 Å². The van der Waals surface area contributed by atoms with Gasteiger partial charge >= 0.3 is 5.97 Å². The fraction of sp³-hybridized carbons (Fsp3) is 0.333. The molecule has 4 aromatic rings. The van der Waals surface area contributed by atoms with Crippen molar-refractivity contribution in [1.82, 2.24) is 24.4 Å². The number of ether oxygens (including phenoxy) is 3. The minimum Gasteiger partial charge on any atom is -0.483 e. The minimum absolute atomic E-state index is 0.0879. The van der Waals surface area contributed by atoms with Gasteiger partial charge in [-0.1, -0.05) is 0 Å². The summed E-state index contributed by atoms with van der Waals surface area (Å²) < 4.78 is 45.9. The van der Waals surface area contributed by atoms with E-state index >= 15 is 0 Å². The molecule has 39 heavy (non-hydrogen) atoms. The van der Waals surface area contributed by atoms with E-state index in [9.17, 15) is 18.7 Å². The number of imidazole rings is 1. The van der Waals surface area contributed by atoms with Crippen molar-refractivity contribution < 1.29 is 32.9 Å². The van der Waals surface area contributed by atoms with Crippen LogP contribution in [-0.2, 0) is 24.4 Å². The molecule has 0 amide bonds. The highest BCUT2D eigenvalue weighted by atomic mass is 19.1. The Morgan fingerprint density at radius 3 is 2.72 bits per heavy atom. The molecule has 202 valence electrons. The van der Waals surface area contributed by atoms with Crippen molar-refractivity contribution in [1.29, 1.82) is 0 Å². The molecule has 12 heteroatoms. The van der Waals surface area contributed by atoms with Crippen molar-refractivity contribution in [2.24, 2.45) is 0 Å². The molecule has 0 spiro atoms. The van der Waals surface area contributed by atoms with Gasteiger partial charge in [0.1, 0.15) is 24.4 Å². The number of carboxylic acid groups (broad SMARTS) is 1. The van der Waals surface area contributed by atoms with Crippen LogP contribution in [0.3, 0.4) is 0 Å². The molecule has 1 N–H and O–H groups in total. The Morgan fingerprint density at radius 2 is 1.97 bits per heavy atom. The summed E-state index contributed by atoms with van der Waals surface area (Å²) in [6.45, 7) is 3.14. The normalized spacial score (nSPS) is 17.5. The molecule has 1 atom stereocenters. The monoisotopic (exact) mass is 537 g/mol. The SMILES string of the molecule is O=C(O)c1ccc2nc(CN3CC(Oc4ccnc(COc5ccc(F)cc5F)n4)C3)n(CC3CCO3)c2c1. The maximum Gasteiger partial charge on any atom is 0.335 e. The van der Waals surface area contributed by atoms with E-state index in [4.69, 9.17) is 19.2 Å². The van der Waals surface area contributed by atoms with Crippen molar-refractivity contribution in [2.75, 3.05) is 19.7 Å². The van der Waals surface area contributed by atoms with E-state index in [2.05, 4.69) is 19.4 Å². The van der Waals surface area contributed by atoms with E-state index in [0.29, 0.717) is 37.9 Å². The predicted molar refractivity (Wildman–Crippen MR) is 133 cm³/mol. The molecule has 2 saturated heterocycles. The Balaban J connectivity index is 1.07. The molecule has 4 heterocycles. The van der Waals surface area contributed by atoms with Crippen molar-refractivity contribution in [3.05, 3.63) is 77.5 Å². The highest BCUT2D eigenvalue weighted by Crippen LogP contribution is 2.25. The first-order valence-corrected chi connectivity index (χ1v) is 12.5. The van der Waals surface area contributed by atoms with Crippen LogP contribution in [0.25, 0.3) is 11.0 Å². The predicted octanol–water partition coefficient (Wildman–Crippen LogP) is 3.43. The number of carboxylic acids is 1. The van der Waals surface area contributed by atoms with Crippen LogP contribution in [0.4, 0.5) is 8.78 Å². The molecule has 0 saturated carbocycles. The summed E-state index contributed by atoms with van der Waals surface area (Å²) >= 11 is 0. The lowest BCUT2D eigenvalue weighted by molar-refractivity contribution is -0.0596. The maximum absolute atomic E-state index is 13.8. The number of fused-ring (bicyclic) bond motifs is 1. The third kappa shape index (κ3) is 5.52. The second-order valence-corrected chi connectivity index (χ2v) is 9.54. The number of hydrogen-bond donors (Lipinski definition) is 1. The number of likely N-dealkylation sites (tertiary alicyclic amines) is 1. The zero-order chi connectivity index (χ0) is 26.9. The molecule has 6 rings (SSSR count). The van der Waals surface area contributed by atoms with E-state index in [1.165, 1.54) is 12.3 Å². The van der Waals surface area contributed by atoms with E-state index in [-0.39, 0.29) is 30.1 Å². The van der Waals surface area contributed by atoms with Crippen LogP contribution in [0.5, 0.6) is 11.6 Å². The summed E-state index contributed by atoms with van der Waals surface area (Å²) in [7, 11) is 0. The topological polar surface area (TPSA) is 112 Å². The molecule has 1 unspecified atom stereocenters. The average molecular weight is 538 g/mol. The van der Waals surface area contributed by atoms with E-state index in [1.807, 2.05) is 0 Å². The van der Waals surface area contributed by atoms with E-state index < -0.39 is 17.6 Å². The molecular weight excluding hydrogens is 512 g/mol. The summed E-state index contributed by atoms with van der Waals surface area (Å²) in [5.74, 6) is -1.02. The fourth-order valence-corrected chi connectivity index (χ4v) is 4.61. The number of rotatable bonds is 10. The van der Waals surface area contributed by atoms with Gasteiger partial charge in [0.25, 0.3) is 0 Å². The number of benzene rings is 2. The zero-order valence-electron chi connectivity index (χ0n) is 20.8. The lowest BCUT2D eigenvalue weighted by atomic mass is 10.1. The number of carbonyl (C=O) groups is 1. The molecule has 0 radical (unpaired) electrons. The fourth-order valence-electron chi connectivity index (χ4n) is 4.61. The summed E-state index contributed by atoms with van der Waals surface area (Å²) in [6, 6.07) is 9.69. The smallest absolute Gasteiger partial charge is 0.335 e. The lowest BCUT2D eigenvalue weighted by Crippen LogP contribution is -2.53. The molecule has 2 aromatic carbocycles. The average Bonchev–Trinajstić information content (AvgIpc) is 3.20. The Bertz CT molecular complexity index is 1520. The van der Waals surface area contributed by atoms with Gasteiger partial charge in [0.2, 0.25) is 5.88 Å². The van der Waals surface area contributed by atoms with Crippen molar-refractivity contribution in [3.8, 4) is 11.6 Å². The summed E-state index contributed by atoms with van der Waals surface area (Å²) in [5.41, 5.74) is 1.75. The van der Waals surface area contributed by atoms with Gasteiger partial charge in [-0.3, -0.25) is 4.90 Å². The number of hydrogen-bond acceptors (Lipinski definition) is 8. The molecule has 2 aromatic heterocycles. The Hall–Kier alpha value is -4.16. The van der Waals surface area contributed by atoms with E-state index in [0.717, 1.165) is 42.0 Å². The molecule has 0 aliphatic carbocycles. The second kappa shape index (κ2) is 10.5. The molecular formula is C27H25F2N5O5. The third-order valence-electron chi connectivity index (χ3n) is 6.76. The van der Waals surface area contributed by atoms with Gasteiger partial charge in [0.05, 0.1) is 35.8 Å². The molecule has 2 fully saturated rings. The summed E-state index contributed by atoms with van der Waals surface area (Å²) in [5, 5.41) is 9.42. The Morgan fingerprint density at radius 1 is 1.13 bits per heavy atom. The molecule has 2 aliphatic heterocycles. The zero-order valence-corrected chi connectivity index (χ0v) is 20.8. The van der Waals surface area contributed by atoms with Crippen molar-refractivity contribution in [2.45, 2.75) is 38.3 Å². The van der Waals surface area contributed by atoms with Gasteiger partial charge in [-0.05, 0) is 36.8 Å². The summed E-state index contributed by atoms with van der Waals surface area (Å²) in [6.07, 6.45) is 2.50. The van der Waals surface area contributed by atoms with Gasteiger partial charge in [0, 0.05) is 38.0 Å². The van der Waals surface area contributed by atoms with Gasteiger partial charge in [-0.2, -0.15) is 4.98 Å². The van der Waals surface area contributed by atoms with Gasteiger partial charge in [0.15, 0.2) is 17.4 Å². The first-order chi connectivity index (χ1) is 18.9. The number of aromatic nitrogens is 4. The van der Waals surface area contributed by atoms with Crippen LogP contribution in [0.2, 0.25) is 0 Å². The number of halogens is 2. The van der Waals surface area contributed by atoms with Gasteiger partial charge in [-0.15, -0.1) is 0 Å². The largest absolute Gasteiger partial charge is 0.483 e. The van der Waals surface area contributed by atoms with Crippen LogP contribution >= 0.6 is 0 Å². The molecule has 2 aliphatic rings. The number of nitrogens with zero attached hydrogens (tertiary/aromatic N) is 5. The lowest BCUT2D eigenvalue weighted by Gasteiger charge is -2.38. The first kappa shape index (κ1) is 25.1. The van der Waals surface area contributed by atoms with Crippen LogP contribution < -0.4 is 9.47 Å². The standard InChI is InChI=1S/C27H25F2N5O5/c28-17-2-4-23(20(29)10-17)38-15-24-30-7-5-26(32-24)39-19-11-33(12-19)14-25-31-21-3-1-16(27(35)36)9-22(21)34(25)13-18-6-8-37-18/h1-5,7,9-10,18-19H,6,8,11-15H2,(H,35,36). The Labute approximate surface area is 221 Å². The highest BCUT2D eigenvalue weighted by molar-refractivity contribution is 5.92. The van der Waals surface area contributed by atoms with Crippen molar-refractivity contribution >= 4 is 17.0 Å². The Kier molecular flexibility index (Phi) is 6.79. The molecule has 10 nitrogen and oxygen atoms in total. The van der Waals surface area contributed by atoms with Crippen LogP contribution in [0.15, 0.2) is 48.7 Å². The summed E-state index contributed by atoms with van der Waals surface area (Å²) in [4.78, 5) is 26.9. The van der Waals surface area contributed by atoms with Crippen molar-refractivity contribution in [3.63, 3.8) is 0 Å². The first-order valence-electron chi connectivity index (χ1n) is 12.5.